The van der Waals surface area contributed by atoms with Crippen LogP contribution in [-0.4, -0.2) is 29.3 Å². The summed E-state index contributed by atoms with van der Waals surface area (Å²) in [5, 5.41) is 0.577. The summed E-state index contributed by atoms with van der Waals surface area (Å²) in [6.07, 6.45) is 8.75. The second-order valence-electron chi connectivity index (χ2n) is 5.59. The van der Waals surface area contributed by atoms with Crippen molar-refractivity contribution in [3.05, 3.63) is 17.4 Å². The van der Waals surface area contributed by atoms with Crippen LogP contribution < -0.4 is 4.90 Å². The summed E-state index contributed by atoms with van der Waals surface area (Å²) in [6.45, 7) is 2.02. The number of aldehydes is 1. The molecule has 4 nitrogen and oxygen atoms in total. The van der Waals surface area contributed by atoms with E-state index in [0.29, 0.717) is 10.9 Å². The number of piperidine rings is 1. The molecule has 0 aromatic carbocycles. The Morgan fingerprint density at radius 2 is 2.00 bits per heavy atom. The molecule has 1 aromatic heterocycles. The minimum absolute atomic E-state index is 0.577. The lowest BCUT2D eigenvalue weighted by atomic mass is 9.91. The van der Waals surface area contributed by atoms with E-state index >= 15 is 0 Å². The largest absolute Gasteiger partial charge is 0.341 e. The molecule has 3 rings (SSSR count). The number of carbonyl (C=O) groups excluding carboxylic acids is 1. The number of carbonyl (C=O) groups is 1. The van der Waals surface area contributed by atoms with Crippen LogP contribution >= 0.6 is 11.6 Å². The second-order valence-corrected chi connectivity index (χ2v) is 6.02. The fourth-order valence-electron chi connectivity index (χ4n) is 3.24. The fourth-order valence-corrected chi connectivity index (χ4v) is 3.34. The summed E-state index contributed by atoms with van der Waals surface area (Å²) in [6, 6.07) is 0. The molecule has 2 atom stereocenters. The summed E-state index contributed by atoms with van der Waals surface area (Å²) in [5.74, 6) is 3.02. The Morgan fingerprint density at radius 3 is 2.63 bits per heavy atom. The number of aromatic nitrogens is 2. The maximum Gasteiger partial charge on any atom is 0.225 e. The number of halogens is 1. The van der Waals surface area contributed by atoms with Crippen molar-refractivity contribution < 1.29 is 4.79 Å². The molecule has 1 saturated carbocycles. The highest BCUT2D eigenvalue weighted by molar-refractivity contribution is 6.30. The van der Waals surface area contributed by atoms with Crippen molar-refractivity contribution in [2.24, 2.45) is 17.8 Å². The van der Waals surface area contributed by atoms with Gasteiger partial charge in [-0.25, -0.2) is 9.97 Å². The van der Waals surface area contributed by atoms with E-state index in [4.69, 9.17) is 11.6 Å². The maximum atomic E-state index is 10.5. The molecule has 1 saturated heterocycles. The zero-order valence-electron chi connectivity index (χ0n) is 10.8. The van der Waals surface area contributed by atoms with E-state index in [0.717, 1.165) is 43.6 Å². The third-order valence-corrected chi connectivity index (χ3v) is 4.61. The normalized spacial score (nSPS) is 27.3. The molecular weight excluding hydrogens is 262 g/mol. The van der Waals surface area contributed by atoms with Crippen LogP contribution in [0.2, 0.25) is 5.02 Å². The number of anilines is 1. The van der Waals surface area contributed by atoms with Crippen molar-refractivity contribution in [3.8, 4) is 0 Å². The van der Waals surface area contributed by atoms with Gasteiger partial charge in [-0.3, -0.25) is 0 Å². The van der Waals surface area contributed by atoms with Crippen molar-refractivity contribution >= 4 is 23.8 Å². The Balaban J connectivity index is 1.52. The first-order chi connectivity index (χ1) is 9.28. The van der Waals surface area contributed by atoms with Gasteiger partial charge in [-0.1, -0.05) is 11.6 Å². The number of hydrogen-bond acceptors (Lipinski definition) is 4. The molecule has 5 heteroatoms. The number of rotatable bonds is 4. The van der Waals surface area contributed by atoms with Gasteiger partial charge in [0.05, 0.1) is 17.4 Å². The minimum Gasteiger partial charge on any atom is -0.341 e. The molecule has 1 aliphatic carbocycles. The van der Waals surface area contributed by atoms with Gasteiger partial charge in [0.15, 0.2) is 0 Å². The van der Waals surface area contributed by atoms with E-state index in [1.54, 1.807) is 12.4 Å². The van der Waals surface area contributed by atoms with Gasteiger partial charge in [0.1, 0.15) is 6.29 Å². The van der Waals surface area contributed by atoms with Crippen LogP contribution in [0.5, 0.6) is 0 Å². The van der Waals surface area contributed by atoms with E-state index < -0.39 is 0 Å². The Labute approximate surface area is 118 Å². The van der Waals surface area contributed by atoms with Gasteiger partial charge in [0.25, 0.3) is 0 Å². The molecule has 0 bridgehead atoms. The Hall–Kier alpha value is -1.16. The minimum atomic E-state index is 0.577. The summed E-state index contributed by atoms with van der Waals surface area (Å²) >= 11 is 5.80. The maximum absolute atomic E-state index is 10.5. The van der Waals surface area contributed by atoms with Crippen molar-refractivity contribution in [2.45, 2.75) is 25.7 Å². The number of hydrogen-bond donors (Lipinski definition) is 0. The van der Waals surface area contributed by atoms with Crippen LogP contribution in [-0.2, 0) is 4.79 Å². The molecule has 0 radical (unpaired) electrons. The summed E-state index contributed by atoms with van der Waals surface area (Å²) in [7, 11) is 0. The van der Waals surface area contributed by atoms with E-state index in [2.05, 4.69) is 14.9 Å². The van der Waals surface area contributed by atoms with Gasteiger partial charge < -0.3 is 9.69 Å². The van der Waals surface area contributed by atoms with Crippen LogP contribution in [0.3, 0.4) is 0 Å². The molecule has 0 amide bonds. The molecule has 0 unspecified atom stereocenters. The quantitative estimate of drug-likeness (QED) is 0.795. The van der Waals surface area contributed by atoms with Gasteiger partial charge in [-0.05, 0) is 37.0 Å². The van der Waals surface area contributed by atoms with Gasteiger partial charge >= 0.3 is 0 Å². The molecule has 102 valence electrons. The molecule has 19 heavy (non-hydrogen) atoms. The molecule has 0 N–H and O–H groups in total. The van der Waals surface area contributed by atoms with Crippen molar-refractivity contribution in [3.63, 3.8) is 0 Å². The van der Waals surface area contributed by atoms with Crippen molar-refractivity contribution in [1.82, 2.24) is 9.97 Å². The first kappa shape index (κ1) is 12.9. The Morgan fingerprint density at radius 1 is 1.32 bits per heavy atom. The van der Waals surface area contributed by atoms with Crippen LogP contribution in [0.1, 0.15) is 25.7 Å². The predicted octanol–water partition coefficient (Wildman–Crippen LogP) is 2.57. The number of nitrogens with zero attached hydrogens (tertiary/aromatic N) is 3. The van der Waals surface area contributed by atoms with Crippen molar-refractivity contribution in [2.75, 3.05) is 18.0 Å². The Bertz CT molecular complexity index is 443. The van der Waals surface area contributed by atoms with Crippen LogP contribution in [0.4, 0.5) is 5.95 Å². The SMILES string of the molecule is O=CC[C@@H]1C[C@@H]1C1CCN(c2ncc(Cl)cn2)CC1. The third kappa shape index (κ3) is 2.89. The highest BCUT2D eigenvalue weighted by Gasteiger charge is 2.43. The Kier molecular flexibility index (Phi) is 3.69. The highest BCUT2D eigenvalue weighted by Crippen LogP contribution is 2.49. The van der Waals surface area contributed by atoms with E-state index in [1.807, 2.05) is 0 Å². The van der Waals surface area contributed by atoms with E-state index in [9.17, 15) is 4.79 Å². The third-order valence-electron chi connectivity index (χ3n) is 4.41. The average Bonchev–Trinajstić information content (AvgIpc) is 3.20. The summed E-state index contributed by atoms with van der Waals surface area (Å²) in [5.41, 5.74) is 0. The van der Waals surface area contributed by atoms with Gasteiger partial charge in [0.2, 0.25) is 5.95 Å². The monoisotopic (exact) mass is 279 g/mol. The molecule has 0 spiro atoms. The van der Waals surface area contributed by atoms with Crippen LogP contribution in [0.15, 0.2) is 12.4 Å². The van der Waals surface area contributed by atoms with Gasteiger partial charge in [0, 0.05) is 19.5 Å². The van der Waals surface area contributed by atoms with Crippen LogP contribution in [0.25, 0.3) is 0 Å². The first-order valence-corrected chi connectivity index (χ1v) is 7.32. The molecule has 2 heterocycles. The van der Waals surface area contributed by atoms with Gasteiger partial charge in [-0.15, -0.1) is 0 Å². The zero-order valence-corrected chi connectivity index (χ0v) is 11.6. The first-order valence-electron chi connectivity index (χ1n) is 6.94. The lowest BCUT2D eigenvalue weighted by Crippen LogP contribution is -2.35. The second kappa shape index (κ2) is 5.45. The zero-order chi connectivity index (χ0) is 13.2. The lowest BCUT2D eigenvalue weighted by molar-refractivity contribution is -0.108. The highest BCUT2D eigenvalue weighted by atomic mass is 35.5. The standard InChI is InChI=1S/C14H18ClN3O/c15-12-8-16-14(17-9-12)18-4-1-10(2-5-18)13-7-11(13)3-6-19/h6,8-11,13H,1-5,7H2/t11-,13-/m1/s1. The molecular formula is C14H18ClN3O. The smallest absolute Gasteiger partial charge is 0.225 e. The van der Waals surface area contributed by atoms with Gasteiger partial charge in [-0.2, -0.15) is 0 Å². The molecule has 1 aliphatic heterocycles. The van der Waals surface area contributed by atoms with E-state index in [-0.39, 0.29) is 0 Å². The lowest BCUT2D eigenvalue weighted by Gasteiger charge is -2.32. The molecule has 2 fully saturated rings. The van der Waals surface area contributed by atoms with Crippen LogP contribution in [0, 0.1) is 17.8 Å². The molecule has 2 aliphatic rings. The van der Waals surface area contributed by atoms with Crippen molar-refractivity contribution in [1.29, 1.82) is 0 Å². The summed E-state index contributed by atoms with van der Waals surface area (Å²) in [4.78, 5) is 21.3. The average molecular weight is 280 g/mol. The van der Waals surface area contributed by atoms with E-state index in [1.165, 1.54) is 19.3 Å². The predicted molar refractivity (Wildman–Crippen MR) is 74.3 cm³/mol. The topological polar surface area (TPSA) is 46.1 Å². The summed E-state index contributed by atoms with van der Waals surface area (Å²) < 4.78 is 0. The molecule has 1 aromatic rings. The fraction of sp³-hybridized carbons (Fsp3) is 0.643.